The molecule has 4 nitrogen and oxygen atoms in total. The summed E-state index contributed by atoms with van der Waals surface area (Å²) < 4.78 is 21.9. The number of hydrogen-bond acceptors (Lipinski definition) is 4. The predicted molar refractivity (Wildman–Crippen MR) is 56.3 cm³/mol. The quantitative estimate of drug-likeness (QED) is 0.688. The van der Waals surface area contributed by atoms with Crippen molar-refractivity contribution in [1.29, 1.82) is 0 Å². The van der Waals surface area contributed by atoms with E-state index in [-0.39, 0.29) is 17.5 Å². The van der Waals surface area contributed by atoms with Crippen molar-refractivity contribution in [3.05, 3.63) is 0 Å². The maximum absolute atomic E-state index is 10.9. The summed E-state index contributed by atoms with van der Waals surface area (Å²) in [4.78, 5) is 4.40. The van der Waals surface area contributed by atoms with E-state index in [0.717, 1.165) is 25.2 Å². The number of sulfone groups is 1. The Labute approximate surface area is 84.7 Å². The molecule has 0 aromatic heterocycles. The Morgan fingerprint density at radius 3 is 2.71 bits per heavy atom. The second-order valence-corrected chi connectivity index (χ2v) is 6.21. The van der Waals surface area contributed by atoms with Crippen molar-refractivity contribution >= 4 is 15.7 Å². The van der Waals surface area contributed by atoms with Gasteiger partial charge in [-0.25, -0.2) is 8.42 Å². The fraction of sp³-hybridized carbons (Fsp3) is 0.889. The van der Waals surface area contributed by atoms with Crippen molar-refractivity contribution in [1.82, 2.24) is 5.32 Å². The third-order valence-corrected chi connectivity index (χ3v) is 4.48. The van der Waals surface area contributed by atoms with E-state index in [1.54, 1.807) is 0 Å². The van der Waals surface area contributed by atoms with Gasteiger partial charge >= 0.3 is 0 Å². The zero-order valence-corrected chi connectivity index (χ0v) is 9.02. The van der Waals surface area contributed by atoms with E-state index in [2.05, 4.69) is 10.3 Å². The normalized spacial score (nSPS) is 27.3. The highest BCUT2D eigenvalue weighted by Gasteiger charge is 2.33. The molecule has 0 radical (unpaired) electrons. The van der Waals surface area contributed by atoms with Crippen LogP contribution < -0.4 is 5.32 Å². The molecule has 1 saturated heterocycles. The average Bonchev–Trinajstić information content (AvgIpc) is 2.29. The zero-order chi connectivity index (χ0) is 10.0. The van der Waals surface area contributed by atoms with Crippen molar-refractivity contribution < 1.29 is 8.42 Å². The van der Waals surface area contributed by atoms with Gasteiger partial charge in [-0.2, -0.15) is 0 Å². The molecule has 2 aliphatic rings. The fourth-order valence-corrected chi connectivity index (χ4v) is 3.17. The second-order valence-electron chi connectivity index (χ2n) is 4.06. The molecule has 0 unspecified atom stereocenters. The molecule has 2 aliphatic heterocycles. The summed E-state index contributed by atoms with van der Waals surface area (Å²) in [5.74, 6) is 1.58. The maximum Gasteiger partial charge on any atom is 0.154 e. The molecule has 0 bridgehead atoms. The third kappa shape index (κ3) is 2.47. The van der Waals surface area contributed by atoms with E-state index >= 15 is 0 Å². The lowest BCUT2D eigenvalue weighted by Gasteiger charge is -2.27. The van der Waals surface area contributed by atoms with Crippen LogP contribution in [0.25, 0.3) is 0 Å². The van der Waals surface area contributed by atoms with Crippen LogP contribution in [0.5, 0.6) is 0 Å². The molecule has 5 heteroatoms. The van der Waals surface area contributed by atoms with Crippen LogP contribution in [0.2, 0.25) is 0 Å². The van der Waals surface area contributed by atoms with Crippen LogP contribution in [-0.4, -0.2) is 38.3 Å². The molecule has 2 heterocycles. The summed E-state index contributed by atoms with van der Waals surface area (Å²) in [5, 5.41) is 3.22. The lowest BCUT2D eigenvalue weighted by atomic mass is 10.2. The van der Waals surface area contributed by atoms with E-state index in [1.165, 1.54) is 12.8 Å². The summed E-state index contributed by atoms with van der Waals surface area (Å²) in [6.07, 6.45) is 4.55. The van der Waals surface area contributed by atoms with E-state index < -0.39 is 9.84 Å². The summed E-state index contributed by atoms with van der Waals surface area (Å²) in [6, 6.07) is 0.122. The van der Waals surface area contributed by atoms with Crippen LogP contribution >= 0.6 is 0 Å². The topological polar surface area (TPSA) is 58.5 Å². The van der Waals surface area contributed by atoms with Crippen molar-refractivity contribution in [2.45, 2.75) is 31.7 Å². The summed E-state index contributed by atoms with van der Waals surface area (Å²) in [7, 11) is -2.71. The molecule has 0 aromatic carbocycles. The van der Waals surface area contributed by atoms with Crippen LogP contribution in [0.15, 0.2) is 4.99 Å². The van der Waals surface area contributed by atoms with Gasteiger partial charge < -0.3 is 5.32 Å². The number of nitrogens with zero attached hydrogens (tertiary/aromatic N) is 1. The smallest absolute Gasteiger partial charge is 0.154 e. The minimum Gasteiger partial charge on any atom is -0.369 e. The monoisotopic (exact) mass is 216 g/mol. The predicted octanol–water partition coefficient (Wildman–Crippen LogP) is 0.345. The molecule has 0 aromatic rings. The first-order valence-electron chi connectivity index (χ1n) is 5.16. The number of aliphatic imine (C=N–C) groups is 1. The van der Waals surface area contributed by atoms with Crippen LogP contribution in [0, 0.1) is 0 Å². The molecule has 0 aliphatic carbocycles. The molecule has 1 N–H and O–H groups in total. The SMILES string of the molecule is O=S1(=O)CC(NC2=NCCCCC2)C1. The van der Waals surface area contributed by atoms with Gasteiger partial charge in [-0.15, -0.1) is 0 Å². The summed E-state index contributed by atoms with van der Waals surface area (Å²) in [6.45, 7) is 0.891. The Hall–Kier alpha value is -0.580. The lowest BCUT2D eigenvalue weighted by molar-refractivity contribution is 0.549. The number of hydrogen-bond donors (Lipinski definition) is 1. The van der Waals surface area contributed by atoms with Gasteiger partial charge in [-0.3, -0.25) is 4.99 Å². The van der Waals surface area contributed by atoms with Gasteiger partial charge in [0.2, 0.25) is 0 Å². The first-order valence-corrected chi connectivity index (χ1v) is 6.98. The highest BCUT2D eigenvalue weighted by Crippen LogP contribution is 2.12. The van der Waals surface area contributed by atoms with E-state index in [4.69, 9.17) is 0 Å². The molecule has 80 valence electrons. The van der Waals surface area contributed by atoms with Gasteiger partial charge in [0, 0.05) is 13.0 Å². The molecular formula is C9H16N2O2S. The van der Waals surface area contributed by atoms with Crippen LogP contribution in [0.1, 0.15) is 25.7 Å². The standard InChI is InChI=1S/C9H16N2O2S/c12-14(13)6-8(7-14)11-9-4-2-1-3-5-10-9/h8H,1-7H2,(H,10,11). The van der Waals surface area contributed by atoms with Crippen molar-refractivity contribution in [2.75, 3.05) is 18.1 Å². The van der Waals surface area contributed by atoms with Gasteiger partial charge in [0.05, 0.1) is 23.4 Å². The third-order valence-electron chi connectivity index (χ3n) is 2.66. The average molecular weight is 216 g/mol. The first-order chi connectivity index (χ1) is 6.66. The first kappa shape index (κ1) is 9.96. The zero-order valence-electron chi connectivity index (χ0n) is 8.20. The van der Waals surface area contributed by atoms with E-state index in [9.17, 15) is 8.42 Å². The van der Waals surface area contributed by atoms with Gasteiger partial charge in [-0.1, -0.05) is 6.42 Å². The van der Waals surface area contributed by atoms with Crippen molar-refractivity contribution in [3.63, 3.8) is 0 Å². The van der Waals surface area contributed by atoms with Gasteiger partial charge in [0.15, 0.2) is 9.84 Å². The van der Waals surface area contributed by atoms with Crippen molar-refractivity contribution in [2.24, 2.45) is 4.99 Å². The van der Waals surface area contributed by atoms with Crippen molar-refractivity contribution in [3.8, 4) is 0 Å². The molecule has 14 heavy (non-hydrogen) atoms. The molecule has 1 fully saturated rings. The number of nitrogens with one attached hydrogen (secondary N) is 1. The Bertz CT molecular complexity index is 323. The number of rotatable bonds is 1. The molecular weight excluding hydrogens is 200 g/mol. The Morgan fingerprint density at radius 1 is 1.21 bits per heavy atom. The van der Waals surface area contributed by atoms with E-state index in [0.29, 0.717) is 0 Å². The largest absolute Gasteiger partial charge is 0.369 e. The maximum atomic E-state index is 10.9. The van der Waals surface area contributed by atoms with Crippen LogP contribution in [0.3, 0.4) is 0 Å². The van der Waals surface area contributed by atoms with E-state index in [1.807, 2.05) is 0 Å². The Balaban J connectivity index is 1.83. The minimum absolute atomic E-state index is 0.122. The molecule has 0 amide bonds. The van der Waals surface area contributed by atoms with Crippen LogP contribution in [-0.2, 0) is 9.84 Å². The van der Waals surface area contributed by atoms with Gasteiger partial charge in [0.1, 0.15) is 0 Å². The Kier molecular flexibility index (Phi) is 2.76. The van der Waals surface area contributed by atoms with Gasteiger partial charge in [0.25, 0.3) is 0 Å². The highest BCUT2D eigenvalue weighted by atomic mass is 32.2. The van der Waals surface area contributed by atoms with Gasteiger partial charge in [-0.05, 0) is 12.8 Å². The molecule has 0 spiro atoms. The molecule has 0 saturated carbocycles. The lowest BCUT2D eigenvalue weighted by Crippen LogP contribution is -2.52. The molecule has 2 rings (SSSR count). The summed E-state index contributed by atoms with van der Waals surface area (Å²) >= 11 is 0. The second kappa shape index (κ2) is 3.88. The fourth-order valence-electron chi connectivity index (χ4n) is 1.88. The number of amidine groups is 1. The minimum atomic E-state index is -2.71. The summed E-state index contributed by atoms with van der Waals surface area (Å²) in [5.41, 5.74) is 0. The highest BCUT2D eigenvalue weighted by molar-refractivity contribution is 7.92. The Morgan fingerprint density at radius 2 is 2.00 bits per heavy atom. The van der Waals surface area contributed by atoms with Crippen LogP contribution in [0.4, 0.5) is 0 Å². The molecule has 0 atom stereocenters.